The van der Waals surface area contributed by atoms with Gasteiger partial charge in [0.05, 0.1) is 5.56 Å². The highest BCUT2D eigenvalue weighted by Gasteiger charge is 2.31. The van der Waals surface area contributed by atoms with Gasteiger partial charge >= 0.3 is 6.18 Å². The maximum Gasteiger partial charge on any atom is 0.416 e. The second-order valence-electron chi connectivity index (χ2n) is 4.67. The molecule has 2 rings (SSSR count). The summed E-state index contributed by atoms with van der Waals surface area (Å²) in [7, 11) is 0. The minimum Gasteiger partial charge on any atom is -0.324 e. The predicted octanol–water partition coefficient (Wildman–Crippen LogP) is 5.47. The largest absolute Gasteiger partial charge is 0.416 e. The van der Waals surface area contributed by atoms with Crippen molar-refractivity contribution in [2.45, 2.75) is 18.6 Å². The Balaban J connectivity index is 2.28. The van der Waals surface area contributed by atoms with Gasteiger partial charge in [0.25, 0.3) is 0 Å². The number of alkyl halides is 3. The van der Waals surface area contributed by atoms with E-state index in [4.69, 9.17) is 5.73 Å². The van der Waals surface area contributed by atoms with Crippen LogP contribution in [0.3, 0.4) is 0 Å². The highest BCUT2D eigenvalue weighted by molar-refractivity contribution is 9.10. The molecule has 1 nitrogen and oxygen atoms in total. The van der Waals surface area contributed by atoms with Gasteiger partial charge in [-0.05, 0) is 47.9 Å². The van der Waals surface area contributed by atoms with Crippen LogP contribution >= 0.6 is 31.9 Å². The van der Waals surface area contributed by atoms with Gasteiger partial charge in [0.1, 0.15) is 0 Å². The van der Waals surface area contributed by atoms with E-state index in [2.05, 4.69) is 31.9 Å². The minimum atomic E-state index is -4.37. The minimum absolute atomic E-state index is 0.449. The summed E-state index contributed by atoms with van der Waals surface area (Å²) in [6, 6.07) is 10.6. The maximum atomic E-state index is 12.8. The molecule has 0 aliphatic rings. The molecular weight excluding hydrogens is 411 g/mol. The molecule has 0 saturated carbocycles. The average Bonchev–Trinajstić information content (AvgIpc) is 2.37. The van der Waals surface area contributed by atoms with E-state index in [9.17, 15) is 13.2 Å². The van der Waals surface area contributed by atoms with Crippen LogP contribution in [0.15, 0.2) is 51.4 Å². The van der Waals surface area contributed by atoms with Crippen LogP contribution in [0.25, 0.3) is 0 Å². The number of hydrogen-bond acceptors (Lipinski definition) is 1. The van der Waals surface area contributed by atoms with Crippen LogP contribution in [-0.2, 0) is 12.6 Å². The SMILES string of the molecule is NC(Cc1cccc(Br)c1)c1cc(C(F)(F)F)ccc1Br. The van der Waals surface area contributed by atoms with Gasteiger partial charge in [-0.25, -0.2) is 0 Å². The summed E-state index contributed by atoms with van der Waals surface area (Å²) in [6.45, 7) is 0. The molecule has 2 aromatic rings. The first kappa shape index (κ1) is 16.5. The van der Waals surface area contributed by atoms with Gasteiger partial charge in [0.2, 0.25) is 0 Å². The van der Waals surface area contributed by atoms with E-state index < -0.39 is 17.8 Å². The number of rotatable bonds is 3. The van der Waals surface area contributed by atoms with Crippen LogP contribution in [-0.4, -0.2) is 0 Å². The van der Waals surface area contributed by atoms with Crippen LogP contribution in [0.5, 0.6) is 0 Å². The molecule has 2 aromatic carbocycles. The lowest BCUT2D eigenvalue weighted by molar-refractivity contribution is -0.137. The van der Waals surface area contributed by atoms with E-state index in [0.717, 1.165) is 22.2 Å². The van der Waals surface area contributed by atoms with E-state index in [1.807, 2.05) is 24.3 Å². The molecule has 0 saturated heterocycles. The Morgan fingerprint density at radius 2 is 1.76 bits per heavy atom. The Hall–Kier alpha value is -0.850. The molecule has 0 fully saturated rings. The molecule has 6 heteroatoms. The summed E-state index contributed by atoms with van der Waals surface area (Å²) < 4.78 is 39.8. The lowest BCUT2D eigenvalue weighted by Crippen LogP contribution is -2.15. The summed E-state index contributed by atoms with van der Waals surface area (Å²) in [6.07, 6.45) is -3.91. The van der Waals surface area contributed by atoms with E-state index in [1.165, 1.54) is 6.07 Å². The third-order valence-corrected chi connectivity index (χ3v) is 4.28. The second kappa shape index (κ2) is 6.50. The zero-order valence-electron chi connectivity index (χ0n) is 10.8. The fourth-order valence-electron chi connectivity index (χ4n) is 2.03. The molecule has 112 valence electrons. The summed E-state index contributed by atoms with van der Waals surface area (Å²) >= 11 is 6.63. The summed E-state index contributed by atoms with van der Waals surface area (Å²) in [4.78, 5) is 0. The monoisotopic (exact) mass is 421 g/mol. The summed E-state index contributed by atoms with van der Waals surface area (Å²) in [5.74, 6) is 0. The molecule has 0 radical (unpaired) electrons. The topological polar surface area (TPSA) is 26.0 Å². The van der Waals surface area contributed by atoms with Crippen molar-refractivity contribution in [2.75, 3.05) is 0 Å². The number of benzene rings is 2. The Kier molecular flexibility index (Phi) is 5.11. The van der Waals surface area contributed by atoms with Crippen LogP contribution in [0.1, 0.15) is 22.7 Å². The first-order valence-corrected chi connectivity index (χ1v) is 7.72. The average molecular weight is 423 g/mol. The summed E-state index contributed by atoms with van der Waals surface area (Å²) in [5.41, 5.74) is 6.80. The van der Waals surface area contributed by atoms with Crippen LogP contribution in [0, 0.1) is 0 Å². The molecule has 0 spiro atoms. The second-order valence-corrected chi connectivity index (χ2v) is 6.44. The maximum absolute atomic E-state index is 12.8. The first-order chi connectivity index (χ1) is 9.77. The number of hydrogen-bond donors (Lipinski definition) is 1. The van der Waals surface area contributed by atoms with Crippen molar-refractivity contribution in [2.24, 2.45) is 5.73 Å². The Morgan fingerprint density at radius 3 is 2.38 bits per heavy atom. The third-order valence-electron chi connectivity index (χ3n) is 3.07. The van der Waals surface area contributed by atoms with Crippen molar-refractivity contribution < 1.29 is 13.2 Å². The highest BCUT2D eigenvalue weighted by atomic mass is 79.9. The molecule has 0 aliphatic carbocycles. The van der Waals surface area contributed by atoms with Gasteiger partial charge in [-0.3, -0.25) is 0 Å². The van der Waals surface area contributed by atoms with Crippen LogP contribution in [0.4, 0.5) is 13.2 Å². The standard InChI is InChI=1S/C15H12Br2F3N/c16-11-3-1-2-9(6-11)7-14(21)12-8-10(15(18,19)20)4-5-13(12)17/h1-6,8,14H,7,21H2. The molecule has 0 aromatic heterocycles. The fourth-order valence-corrected chi connectivity index (χ4v) is 3.02. The number of nitrogens with two attached hydrogens (primary N) is 1. The smallest absolute Gasteiger partial charge is 0.324 e. The normalized spacial score (nSPS) is 13.2. The molecule has 0 aliphatic heterocycles. The van der Waals surface area contributed by atoms with Crippen molar-refractivity contribution >= 4 is 31.9 Å². The Morgan fingerprint density at radius 1 is 1.05 bits per heavy atom. The van der Waals surface area contributed by atoms with Crippen molar-refractivity contribution in [3.8, 4) is 0 Å². The fraction of sp³-hybridized carbons (Fsp3) is 0.200. The van der Waals surface area contributed by atoms with Gasteiger partial charge in [0, 0.05) is 15.0 Å². The Bertz CT molecular complexity index is 641. The van der Waals surface area contributed by atoms with Gasteiger partial charge in [-0.1, -0.05) is 44.0 Å². The lowest BCUT2D eigenvalue weighted by Gasteiger charge is -2.16. The van der Waals surface area contributed by atoms with E-state index >= 15 is 0 Å². The van der Waals surface area contributed by atoms with Gasteiger partial charge in [-0.2, -0.15) is 13.2 Å². The molecule has 21 heavy (non-hydrogen) atoms. The molecule has 1 atom stereocenters. The lowest BCUT2D eigenvalue weighted by atomic mass is 9.98. The Labute approximate surface area is 137 Å². The van der Waals surface area contributed by atoms with Crippen molar-refractivity contribution in [3.63, 3.8) is 0 Å². The van der Waals surface area contributed by atoms with Crippen LogP contribution < -0.4 is 5.73 Å². The first-order valence-electron chi connectivity index (χ1n) is 6.14. The number of halogens is 5. The molecule has 0 heterocycles. The van der Waals surface area contributed by atoms with Gasteiger partial charge in [0.15, 0.2) is 0 Å². The van der Waals surface area contributed by atoms with Crippen LogP contribution in [0.2, 0.25) is 0 Å². The van der Waals surface area contributed by atoms with E-state index in [-0.39, 0.29) is 0 Å². The predicted molar refractivity (Wildman–Crippen MR) is 83.9 cm³/mol. The van der Waals surface area contributed by atoms with Crippen molar-refractivity contribution in [1.82, 2.24) is 0 Å². The molecule has 0 amide bonds. The molecule has 2 N–H and O–H groups in total. The van der Waals surface area contributed by atoms with Gasteiger partial charge in [-0.15, -0.1) is 0 Å². The third kappa shape index (κ3) is 4.31. The molecular formula is C15H12Br2F3N. The molecule has 0 bridgehead atoms. The zero-order chi connectivity index (χ0) is 15.6. The summed E-state index contributed by atoms with van der Waals surface area (Å²) in [5, 5.41) is 0. The van der Waals surface area contributed by atoms with Crippen molar-refractivity contribution in [1.29, 1.82) is 0 Å². The zero-order valence-corrected chi connectivity index (χ0v) is 14.0. The quantitative estimate of drug-likeness (QED) is 0.696. The highest BCUT2D eigenvalue weighted by Crippen LogP contribution is 2.34. The van der Waals surface area contributed by atoms with Crippen molar-refractivity contribution in [3.05, 3.63) is 68.1 Å². The van der Waals surface area contributed by atoms with E-state index in [0.29, 0.717) is 16.5 Å². The van der Waals surface area contributed by atoms with Gasteiger partial charge < -0.3 is 5.73 Å². The van der Waals surface area contributed by atoms with E-state index in [1.54, 1.807) is 0 Å². The molecule has 1 unspecified atom stereocenters.